The van der Waals surface area contributed by atoms with Crippen LogP contribution in [0.25, 0.3) is 0 Å². The van der Waals surface area contributed by atoms with Gasteiger partial charge >= 0.3 is 0 Å². The summed E-state index contributed by atoms with van der Waals surface area (Å²) in [5.41, 5.74) is -1.01. The molecule has 1 unspecified atom stereocenters. The van der Waals surface area contributed by atoms with Gasteiger partial charge < -0.3 is 0 Å². The molecule has 2 nitrogen and oxygen atoms in total. The van der Waals surface area contributed by atoms with E-state index in [2.05, 4.69) is 0 Å². The lowest BCUT2D eigenvalue weighted by molar-refractivity contribution is -0.120. The first kappa shape index (κ1) is 11.4. The summed E-state index contributed by atoms with van der Waals surface area (Å²) in [4.78, 5) is 21.7. The standard InChI is InChI=1S/C10H7F3O2/c1-5(14)9(13)10(15)8-6(11)3-2-4-7(8)12/h2-4,9H,1H3. The van der Waals surface area contributed by atoms with Crippen LogP contribution in [0.3, 0.4) is 0 Å². The number of alkyl halides is 1. The van der Waals surface area contributed by atoms with Crippen LogP contribution in [0.4, 0.5) is 13.2 Å². The zero-order chi connectivity index (χ0) is 11.6. The fraction of sp³-hybridized carbons (Fsp3) is 0.200. The minimum atomic E-state index is -2.52. The molecule has 0 fully saturated rings. The Morgan fingerprint density at radius 1 is 1.20 bits per heavy atom. The molecule has 0 N–H and O–H groups in total. The molecule has 0 aliphatic rings. The first-order valence-corrected chi connectivity index (χ1v) is 4.08. The molecule has 0 aliphatic heterocycles. The van der Waals surface area contributed by atoms with E-state index in [9.17, 15) is 22.8 Å². The van der Waals surface area contributed by atoms with Gasteiger partial charge in [0.15, 0.2) is 5.78 Å². The lowest BCUT2D eigenvalue weighted by Gasteiger charge is -2.05. The Labute approximate surface area is 83.7 Å². The number of ketones is 2. The van der Waals surface area contributed by atoms with E-state index in [-0.39, 0.29) is 0 Å². The van der Waals surface area contributed by atoms with Crippen LogP contribution in [0.1, 0.15) is 17.3 Å². The summed E-state index contributed by atoms with van der Waals surface area (Å²) in [5.74, 6) is -4.92. The van der Waals surface area contributed by atoms with Gasteiger partial charge in [-0.15, -0.1) is 0 Å². The smallest absolute Gasteiger partial charge is 0.220 e. The van der Waals surface area contributed by atoms with Crippen molar-refractivity contribution in [3.63, 3.8) is 0 Å². The molecular formula is C10H7F3O2. The molecule has 1 rings (SSSR count). The summed E-state index contributed by atoms with van der Waals surface area (Å²) in [7, 11) is 0. The maximum Gasteiger partial charge on any atom is 0.220 e. The third-order valence-corrected chi connectivity index (χ3v) is 1.80. The van der Waals surface area contributed by atoms with Crippen LogP contribution in [0.2, 0.25) is 0 Å². The second-order valence-electron chi connectivity index (χ2n) is 2.93. The van der Waals surface area contributed by atoms with Crippen molar-refractivity contribution in [2.24, 2.45) is 0 Å². The number of rotatable bonds is 3. The van der Waals surface area contributed by atoms with Crippen molar-refractivity contribution in [3.05, 3.63) is 35.4 Å². The predicted molar refractivity (Wildman–Crippen MR) is 46.3 cm³/mol. The summed E-state index contributed by atoms with van der Waals surface area (Å²) >= 11 is 0. The highest BCUT2D eigenvalue weighted by molar-refractivity contribution is 6.12. The average Bonchev–Trinajstić information content (AvgIpc) is 2.15. The van der Waals surface area contributed by atoms with E-state index < -0.39 is 34.9 Å². The molecule has 0 radical (unpaired) electrons. The Morgan fingerprint density at radius 2 is 1.67 bits per heavy atom. The van der Waals surface area contributed by atoms with Gasteiger partial charge in [0.25, 0.3) is 0 Å². The van der Waals surface area contributed by atoms with Crippen LogP contribution < -0.4 is 0 Å². The first-order valence-electron chi connectivity index (χ1n) is 4.08. The second-order valence-corrected chi connectivity index (χ2v) is 2.93. The van der Waals surface area contributed by atoms with E-state index in [1.165, 1.54) is 0 Å². The third kappa shape index (κ3) is 2.23. The molecule has 1 atom stereocenters. The maximum atomic E-state index is 13.0. The van der Waals surface area contributed by atoms with Crippen LogP contribution in [0, 0.1) is 11.6 Å². The van der Waals surface area contributed by atoms with Gasteiger partial charge in [-0.05, 0) is 19.1 Å². The van der Waals surface area contributed by atoms with Crippen LogP contribution in [-0.2, 0) is 4.79 Å². The van der Waals surface area contributed by atoms with E-state index in [0.717, 1.165) is 25.1 Å². The topological polar surface area (TPSA) is 34.1 Å². The monoisotopic (exact) mass is 216 g/mol. The van der Waals surface area contributed by atoms with Crippen molar-refractivity contribution in [2.45, 2.75) is 13.1 Å². The van der Waals surface area contributed by atoms with E-state index in [0.29, 0.717) is 0 Å². The van der Waals surface area contributed by atoms with Gasteiger partial charge in [-0.3, -0.25) is 9.59 Å². The highest BCUT2D eigenvalue weighted by atomic mass is 19.1. The molecular weight excluding hydrogens is 209 g/mol. The van der Waals surface area contributed by atoms with Gasteiger partial charge in [-0.25, -0.2) is 13.2 Å². The van der Waals surface area contributed by atoms with Crippen LogP contribution in [0.15, 0.2) is 18.2 Å². The van der Waals surface area contributed by atoms with E-state index >= 15 is 0 Å². The predicted octanol–water partition coefficient (Wildman–Crippen LogP) is 2.07. The number of hydrogen-bond donors (Lipinski definition) is 0. The molecule has 15 heavy (non-hydrogen) atoms. The highest BCUT2D eigenvalue weighted by Crippen LogP contribution is 2.15. The Kier molecular flexibility index (Phi) is 3.24. The molecule has 0 aromatic heterocycles. The molecule has 0 saturated heterocycles. The first-order chi connectivity index (χ1) is 6.95. The summed E-state index contributed by atoms with van der Waals surface area (Å²) in [6.07, 6.45) is -2.52. The van der Waals surface area contributed by atoms with Gasteiger partial charge in [0, 0.05) is 0 Å². The zero-order valence-electron chi connectivity index (χ0n) is 7.76. The molecule has 1 aromatic rings. The molecule has 80 valence electrons. The van der Waals surface area contributed by atoms with Crippen molar-refractivity contribution >= 4 is 11.6 Å². The number of carbonyl (C=O) groups is 2. The highest BCUT2D eigenvalue weighted by Gasteiger charge is 2.28. The van der Waals surface area contributed by atoms with Gasteiger partial charge in [-0.2, -0.15) is 0 Å². The minimum absolute atomic E-state index is 0.823. The molecule has 5 heteroatoms. The Hall–Kier alpha value is -1.65. The molecule has 0 spiro atoms. The number of benzene rings is 1. The summed E-state index contributed by atoms with van der Waals surface area (Å²) in [5, 5.41) is 0. The van der Waals surface area contributed by atoms with Crippen molar-refractivity contribution in [2.75, 3.05) is 0 Å². The molecule has 0 heterocycles. The summed E-state index contributed by atoms with van der Waals surface area (Å²) in [6.45, 7) is 0.835. The molecule has 0 bridgehead atoms. The molecule has 1 aromatic carbocycles. The van der Waals surface area contributed by atoms with Crippen LogP contribution in [0.5, 0.6) is 0 Å². The Balaban J connectivity index is 3.17. The Bertz CT molecular complexity index is 395. The Morgan fingerprint density at radius 3 is 2.07 bits per heavy atom. The number of Topliss-reactive ketones (excluding diaryl/α,β-unsaturated/α-hetero) is 2. The van der Waals surface area contributed by atoms with Crippen LogP contribution >= 0.6 is 0 Å². The van der Waals surface area contributed by atoms with Gasteiger partial charge in [0.2, 0.25) is 12.0 Å². The second kappa shape index (κ2) is 4.25. The van der Waals surface area contributed by atoms with Gasteiger partial charge in [0.05, 0.1) is 5.56 Å². The van der Waals surface area contributed by atoms with Crippen molar-refractivity contribution in [3.8, 4) is 0 Å². The molecule has 0 amide bonds. The van der Waals surface area contributed by atoms with Crippen molar-refractivity contribution < 1.29 is 22.8 Å². The quantitative estimate of drug-likeness (QED) is 0.572. The van der Waals surface area contributed by atoms with Crippen molar-refractivity contribution in [1.29, 1.82) is 0 Å². The third-order valence-electron chi connectivity index (χ3n) is 1.80. The van der Waals surface area contributed by atoms with E-state index in [4.69, 9.17) is 0 Å². The summed E-state index contributed by atoms with van der Waals surface area (Å²) < 4.78 is 38.9. The maximum absolute atomic E-state index is 13.0. The number of halogens is 3. The number of hydrogen-bond acceptors (Lipinski definition) is 2. The lowest BCUT2D eigenvalue weighted by atomic mass is 10.0. The largest absolute Gasteiger partial charge is 0.296 e. The van der Waals surface area contributed by atoms with Gasteiger partial charge in [-0.1, -0.05) is 6.07 Å². The normalized spacial score (nSPS) is 12.3. The fourth-order valence-electron chi connectivity index (χ4n) is 1.04. The van der Waals surface area contributed by atoms with Crippen molar-refractivity contribution in [1.82, 2.24) is 0 Å². The molecule has 0 aliphatic carbocycles. The summed E-state index contributed by atoms with van der Waals surface area (Å²) in [6, 6.07) is 2.69. The number of carbonyl (C=O) groups excluding carboxylic acids is 2. The zero-order valence-corrected chi connectivity index (χ0v) is 7.76. The van der Waals surface area contributed by atoms with E-state index in [1.54, 1.807) is 0 Å². The molecule has 0 saturated carbocycles. The van der Waals surface area contributed by atoms with Gasteiger partial charge in [0.1, 0.15) is 11.6 Å². The average molecular weight is 216 g/mol. The minimum Gasteiger partial charge on any atom is -0.296 e. The van der Waals surface area contributed by atoms with Crippen LogP contribution in [-0.4, -0.2) is 17.7 Å². The van der Waals surface area contributed by atoms with E-state index in [1.807, 2.05) is 0 Å². The SMILES string of the molecule is CC(=O)C(F)C(=O)c1c(F)cccc1F. The lowest BCUT2D eigenvalue weighted by Crippen LogP contribution is -2.25. The fourth-order valence-corrected chi connectivity index (χ4v) is 1.04.